The van der Waals surface area contributed by atoms with Gasteiger partial charge in [0.05, 0.1) is 5.70 Å². The highest BCUT2D eigenvalue weighted by Crippen LogP contribution is 2.28. The molecule has 0 aromatic heterocycles. The number of ketones is 1. The molecule has 0 aromatic rings. The maximum atomic E-state index is 11.9. The highest BCUT2D eigenvalue weighted by atomic mass is 16.1. The van der Waals surface area contributed by atoms with Crippen LogP contribution in [0.25, 0.3) is 0 Å². The molecule has 4 heteroatoms. The van der Waals surface area contributed by atoms with Crippen molar-refractivity contribution >= 4 is 5.78 Å². The van der Waals surface area contributed by atoms with E-state index in [1.165, 1.54) is 12.8 Å². The van der Waals surface area contributed by atoms with E-state index in [1.54, 1.807) is 0 Å². The van der Waals surface area contributed by atoms with Gasteiger partial charge < -0.3 is 5.32 Å². The minimum Gasteiger partial charge on any atom is -0.365 e. The number of rotatable bonds is 1. The summed E-state index contributed by atoms with van der Waals surface area (Å²) in [4.78, 5) is 11.9. The molecule has 0 saturated carbocycles. The monoisotopic (exact) mass is 219 g/mol. The minimum absolute atomic E-state index is 0.238. The summed E-state index contributed by atoms with van der Waals surface area (Å²) in [6.07, 6.45) is 6.95. The number of nitrogens with one attached hydrogen (secondary N) is 1. The molecule has 0 spiro atoms. The molecule has 1 N–H and O–H groups in total. The fraction of sp³-hybridized carbons (Fsp3) is 0.583. The van der Waals surface area contributed by atoms with Crippen LogP contribution in [0.3, 0.4) is 0 Å². The molecule has 2 aliphatic heterocycles. The van der Waals surface area contributed by atoms with Crippen LogP contribution in [0.5, 0.6) is 0 Å². The van der Waals surface area contributed by atoms with Gasteiger partial charge in [0.1, 0.15) is 12.4 Å². The molecule has 16 heavy (non-hydrogen) atoms. The highest BCUT2D eigenvalue weighted by molar-refractivity contribution is 5.98. The Labute approximate surface area is 95.6 Å². The van der Waals surface area contributed by atoms with E-state index >= 15 is 0 Å². The van der Waals surface area contributed by atoms with Crippen LogP contribution in [0.15, 0.2) is 23.5 Å². The third-order valence-electron chi connectivity index (χ3n) is 3.61. The SMILES string of the molecule is CC1CCCN1N1CNC2=C1C(=O)CC=C2. The summed E-state index contributed by atoms with van der Waals surface area (Å²) >= 11 is 0. The molecule has 1 fully saturated rings. The molecule has 0 amide bonds. The van der Waals surface area contributed by atoms with Crippen LogP contribution in [0.4, 0.5) is 0 Å². The van der Waals surface area contributed by atoms with Crippen molar-refractivity contribution < 1.29 is 4.79 Å². The maximum absolute atomic E-state index is 11.9. The molecule has 0 aromatic carbocycles. The normalized spacial score (nSPS) is 29.9. The van der Waals surface area contributed by atoms with E-state index < -0.39 is 0 Å². The first-order valence-corrected chi connectivity index (χ1v) is 5.99. The molecule has 1 saturated heterocycles. The van der Waals surface area contributed by atoms with Crippen LogP contribution >= 0.6 is 0 Å². The zero-order valence-electron chi connectivity index (χ0n) is 9.57. The molecule has 86 valence electrons. The lowest BCUT2D eigenvalue weighted by atomic mass is 10.1. The maximum Gasteiger partial charge on any atom is 0.186 e. The molecule has 2 heterocycles. The van der Waals surface area contributed by atoms with Crippen molar-refractivity contribution in [1.82, 2.24) is 15.3 Å². The molecule has 3 aliphatic rings. The average molecular weight is 219 g/mol. The van der Waals surface area contributed by atoms with Crippen LogP contribution in [0.1, 0.15) is 26.2 Å². The minimum atomic E-state index is 0.238. The van der Waals surface area contributed by atoms with E-state index in [4.69, 9.17) is 0 Å². The Morgan fingerprint density at radius 2 is 2.38 bits per heavy atom. The standard InChI is InChI=1S/C12H17N3O/c1-9-4-3-7-14(9)15-8-13-10-5-2-6-11(16)12(10)15/h2,5,9,13H,3-4,6-8H2,1H3. The van der Waals surface area contributed by atoms with Gasteiger partial charge in [0.2, 0.25) is 0 Å². The van der Waals surface area contributed by atoms with Crippen LogP contribution in [-0.4, -0.2) is 35.1 Å². The summed E-state index contributed by atoms with van der Waals surface area (Å²) in [7, 11) is 0. The second-order valence-electron chi connectivity index (χ2n) is 4.68. The topological polar surface area (TPSA) is 35.6 Å². The third kappa shape index (κ3) is 1.37. The Morgan fingerprint density at radius 3 is 3.12 bits per heavy atom. The number of allylic oxidation sites excluding steroid dienone is 3. The summed E-state index contributed by atoms with van der Waals surface area (Å²) in [6.45, 7) is 4.04. The van der Waals surface area contributed by atoms with Gasteiger partial charge in [-0.3, -0.25) is 9.80 Å². The molecular weight excluding hydrogens is 202 g/mol. The molecule has 0 radical (unpaired) electrons. The van der Waals surface area contributed by atoms with Gasteiger partial charge in [-0.25, -0.2) is 5.01 Å². The molecule has 1 unspecified atom stereocenters. The van der Waals surface area contributed by atoms with Crippen molar-refractivity contribution in [2.24, 2.45) is 0 Å². The predicted molar refractivity (Wildman–Crippen MR) is 61.0 cm³/mol. The fourth-order valence-electron chi connectivity index (χ4n) is 2.77. The number of nitrogens with zero attached hydrogens (tertiary/aromatic N) is 2. The van der Waals surface area contributed by atoms with Gasteiger partial charge in [-0.2, -0.15) is 0 Å². The summed E-state index contributed by atoms with van der Waals surface area (Å²) in [5.41, 5.74) is 1.87. The Morgan fingerprint density at radius 1 is 1.50 bits per heavy atom. The summed E-state index contributed by atoms with van der Waals surface area (Å²) < 4.78 is 0. The first-order chi connectivity index (χ1) is 7.77. The molecule has 3 rings (SSSR count). The number of carbonyl (C=O) groups is 1. The Hall–Kier alpha value is -1.29. The lowest BCUT2D eigenvalue weighted by molar-refractivity contribution is -0.119. The van der Waals surface area contributed by atoms with Gasteiger partial charge in [0, 0.05) is 19.0 Å². The van der Waals surface area contributed by atoms with Gasteiger partial charge >= 0.3 is 0 Å². The van der Waals surface area contributed by atoms with Crippen LogP contribution in [0.2, 0.25) is 0 Å². The van der Waals surface area contributed by atoms with Crippen molar-refractivity contribution in [1.29, 1.82) is 0 Å². The van der Waals surface area contributed by atoms with E-state index in [0.717, 1.165) is 24.6 Å². The number of carbonyl (C=O) groups excluding carboxylic acids is 1. The first-order valence-electron chi connectivity index (χ1n) is 5.99. The molecule has 0 bridgehead atoms. The number of hydrogen-bond acceptors (Lipinski definition) is 4. The quantitative estimate of drug-likeness (QED) is 0.713. The van der Waals surface area contributed by atoms with E-state index in [-0.39, 0.29) is 5.78 Å². The first kappa shape index (κ1) is 9.90. The number of hydrazine groups is 1. The van der Waals surface area contributed by atoms with Crippen LogP contribution in [-0.2, 0) is 4.79 Å². The summed E-state index contributed by atoms with van der Waals surface area (Å²) in [6, 6.07) is 0.548. The average Bonchev–Trinajstić information content (AvgIpc) is 2.84. The third-order valence-corrected chi connectivity index (χ3v) is 3.61. The van der Waals surface area contributed by atoms with Crippen LogP contribution in [0, 0.1) is 0 Å². The van der Waals surface area contributed by atoms with Crippen molar-refractivity contribution in [3.05, 3.63) is 23.5 Å². The fourth-order valence-corrected chi connectivity index (χ4v) is 2.77. The van der Waals surface area contributed by atoms with Gasteiger partial charge in [-0.05, 0) is 25.8 Å². The van der Waals surface area contributed by atoms with Gasteiger partial charge in [0.25, 0.3) is 0 Å². The molecular formula is C12H17N3O. The van der Waals surface area contributed by atoms with E-state index in [1.807, 2.05) is 12.2 Å². The Balaban J connectivity index is 1.90. The predicted octanol–water partition coefficient (Wildman–Crippen LogP) is 0.989. The lowest BCUT2D eigenvalue weighted by Gasteiger charge is -2.34. The van der Waals surface area contributed by atoms with E-state index in [2.05, 4.69) is 22.3 Å². The Bertz CT molecular complexity index is 386. The van der Waals surface area contributed by atoms with Crippen molar-refractivity contribution in [2.45, 2.75) is 32.2 Å². The largest absolute Gasteiger partial charge is 0.365 e. The summed E-state index contributed by atoms with van der Waals surface area (Å²) in [5.74, 6) is 0.238. The van der Waals surface area contributed by atoms with Gasteiger partial charge in [-0.1, -0.05) is 6.08 Å². The summed E-state index contributed by atoms with van der Waals surface area (Å²) in [5, 5.41) is 7.76. The zero-order chi connectivity index (χ0) is 11.1. The van der Waals surface area contributed by atoms with E-state index in [9.17, 15) is 4.79 Å². The second-order valence-corrected chi connectivity index (χ2v) is 4.68. The van der Waals surface area contributed by atoms with Crippen molar-refractivity contribution in [2.75, 3.05) is 13.2 Å². The van der Waals surface area contributed by atoms with E-state index in [0.29, 0.717) is 12.5 Å². The number of hydrogen-bond donors (Lipinski definition) is 1. The van der Waals surface area contributed by atoms with Crippen LogP contribution < -0.4 is 5.32 Å². The molecule has 1 aliphatic carbocycles. The highest BCUT2D eigenvalue weighted by Gasteiger charge is 2.35. The van der Waals surface area contributed by atoms with Crippen molar-refractivity contribution in [3.8, 4) is 0 Å². The lowest BCUT2D eigenvalue weighted by Crippen LogP contribution is -2.45. The second kappa shape index (κ2) is 3.63. The van der Waals surface area contributed by atoms with Gasteiger partial charge in [-0.15, -0.1) is 0 Å². The van der Waals surface area contributed by atoms with Crippen molar-refractivity contribution in [3.63, 3.8) is 0 Å². The zero-order valence-corrected chi connectivity index (χ0v) is 9.57. The molecule has 1 atom stereocenters. The Kier molecular flexibility index (Phi) is 2.24. The number of Topliss-reactive ketones (excluding diaryl/α,β-unsaturated/α-hetero) is 1. The smallest absolute Gasteiger partial charge is 0.186 e. The molecule has 4 nitrogen and oxygen atoms in total. The van der Waals surface area contributed by atoms with Gasteiger partial charge in [0.15, 0.2) is 5.78 Å².